The van der Waals surface area contributed by atoms with E-state index < -0.39 is 0 Å². The summed E-state index contributed by atoms with van der Waals surface area (Å²) >= 11 is 9.67. The van der Waals surface area contributed by atoms with Gasteiger partial charge in [0.05, 0.1) is 0 Å². The van der Waals surface area contributed by atoms with Crippen LogP contribution < -0.4 is 5.32 Å². The maximum atomic E-state index is 6.10. The van der Waals surface area contributed by atoms with Crippen LogP contribution in [0.4, 0.5) is 0 Å². The molecule has 0 fully saturated rings. The zero-order chi connectivity index (χ0) is 15.2. The summed E-state index contributed by atoms with van der Waals surface area (Å²) in [6, 6.07) is 17.2. The predicted molar refractivity (Wildman–Crippen MR) is 95.2 cm³/mol. The molecule has 0 aliphatic heterocycles. The van der Waals surface area contributed by atoms with Gasteiger partial charge in [0.15, 0.2) is 0 Å². The first-order valence-electron chi connectivity index (χ1n) is 7.28. The molecular weight excluding hydrogens is 346 g/mol. The van der Waals surface area contributed by atoms with Gasteiger partial charge in [0, 0.05) is 28.0 Å². The highest BCUT2D eigenvalue weighted by Crippen LogP contribution is 2.24. The Balaban J connectivity index is 2.19. The smallest absolute Gasteiger partial charge is 0.0408 e. The lowest BCUT2D eigenvalue weighted by Crippen LogP contribution is -2.29. The van der Waals surface area contributed by atoms with Crippen molar-refractivity contribution in [3.05, 3.63) is 69.2 Å². The summed E-state index contributed by atoms with van der Waals surface area (Å²) in [5, 5.41) is 4.35. The highest BCUT2D eigenvalue weighted by molar-refractivity contribution is 9.10. The van der Waals surface area contributed by atoms with Crippen molar-refractivity contribution in [2.75, 3.05) is 6.54 Å². The van der Waals surface area contributed by atoms with Crippen LogP contribution in [0.1, 0.15) is 30.9 Å². The Hall–Kier alpha value is -0.830. The summed E-state index contributed by atoms with van der Waals surface area (Å²) in [6.45, 7) is 5.31. The predicted octanol–water partition coefficient (Wildman–Crippen LogP) is 5.43. The van der Waals surface area contributed by atoms with Gasteiger partial charge >= 0.3 is 0 Å². The Bertz CT molecular complexity index is 583. The molecule has 1 atom stereocenters. The second-order valence-electron chi connectivity index (χ2n) is 5.65. The van der Waals surface area contributed by atoms with Crippen molar-refractivity contribution < 1.29 is 0 Å². The summed E-state index contributed by atoms with van der Waals surface area (Å²) in [7, 11) is 0. The second-order valence-corrected chi connectivity index (χ2v) is 7.00. The molecule has 21 heavy (non-hydrogen) atoms. The molecule has 112 valence electrons. The van der Waals surface area contributed by atoms with Gasteiger partial charge in [0.2, 0.25) is 0 Å². The van der Waals surface area contributed by atoms with E-state index in [1.165, 1.54) is 11.1 Å². The highest BCUT2D eigenvalue weighted by atomic mass is 79.9. The summed E-state index contributed by atoms with van der Waals surface area (Å²) in [5.74, 6) is 0.434. The Morgan fingerprint density at radius 3 is 2.52 bits per heavy atom. The zero-order valence-electron chi connectivity index (χ0n) is 12.4. The standard InChI is InChI=1S/C18H21BrClN/c1-13(2)21-12-16(15-6-4-7-17(19)11-15)9-14-5-3-8-18(20)10-14/h3-8,10-11,13,16,21H,9,12H2,1-2H3. The molecule has 0 spiro atoms. The van der Waals surface area contributed by atoms with Gasteiger partial charge in [0.1, 0.15) is 0 Å². The van der Waals surface area contributed by atoms with Gasteiger partial charge in [-0.1, -0.05) is 65.6 Å². The molecule has 0 saturated carbocycles. The lowest BCUT2D eigenvalue weighted by atomic mass is 9.91. The van der Waals surface area contributed by atoms with E-state index in [4.69, 9.17) is 11.6 Å². The molecule has 0 aliphatic carbocycles. The van der Waals surface area contributed by atoms with Crippen LogP contribution in [-0.2, 0) is 6.42 Å². The number of rotatable bonds is 6. The lowest BCUT2D eigenvalue weighted by Gasteiger charge is -2.20. The summed E-state index contributed by atoms with van der Waals surface area (Å²) in [6.07, 6.45) is 0.983. The summed E-state index contributed by atoms with van der Waals surface area (Å²) < 4.78 is 1.13. The molecule has 2 aromatic carbocycles. The van der Waals surface area contributed by atoms with Gasteiger partial charge in [-0.15, -0.1) is 0 Å². The molecule has 0 aromatic heterocycles. The van der Waals surface area contributed by atoms with Gasteiger partial charge in [-0.05, 0) is 41.8 Å². The number of hydrogen-bond donors (Lipinski definition) is 1. The van der Waals surface area contributed by atoms with Crippen LogP contribution in [0.15, 0.2) is 53.0 Å². The van der Waals surface area contributed by atoms with Crippen LogP contribution in [0.3, 0.4) is 0 Å². The molecule has 0 saturated heterocycles. The molecule has 0 aliphatic rings. The minimum atomic E-state index is 0.434. The van der Waals surface area contributed by atoms with E-state index in [0.717, 1.165) is 22.5 Å². The number of benzene rings is 2. The van der Waals surface area contributed by atoms with Crippen LogP contribution in [-0.4, -0.2) is 12.6 Å². The number of halogens is 2. The minimum Gasteiger partial charge on any atom is -0.314 e. The fraction of sp³-hybridized carbons (Fsp3) is 0.333. The van der Waals surface area contributed by atoms with Gasteiger partial charge in [0.25, 0.3) is 0 Å². The average molecular weight is 367 g/mol. The molecule has 0 bridgehead atoms. The third-order valence-electron chi connectivity index (χ3n) is 3.46. The molecule has 1 nitrogen and oxygen atoms in total. The molecular formula is C18H21BrClN. The van der Waals surface area contributed by atoms with Crippen LogP contribution >= 0.6 is 27.5 Å². The van der Waals surface area contributed by atoms with Crippen molar-refractivity contribution in [3.8, 4) is 0 Å². The number of hydrogen-bond acceptors (Lipinski definition) is 1. The Morgan fingerprint density at radius 1 is 1.10 bits per heavy atom. The topological polar surface area (TPSA) is 12.0 Å². The van der Waals surface area contributed by atoms with E-state index in [0.29, 0.717) is 12.0 Å². The van der Waals surface area contributed by atoms with E-state index in [2.05, 4.69) is 71.5 Å². The molecule has 0 radical (unpaired) electrons. The summed E-state index contributed by atoms with van der Waals surface area (Å²) in [4.78, 5) is 0. The lowest BCUT2D eigenvalue weighted by molar-refractivity contribution is 0.526. The van der Waals surface area contributed by atoms with E-state index in [9.17, 15) is 0 Å². The molecule has 1 unspecified atom stereocenters. The average Bonchev–Trinajstić information content (AvgIpc) is 2.43. The largest absolute Gasteiger partial charge is 0.314 e. The maximum absolute atomic E-state index is 6.10. The molecule has 0 amide bonds. The third kappa shape index (κ3) is 5.46. The Morgan fingerprint density at radius 2 is 1.86 bits per heavy atom. The van der Waals surface area contributed by atoms with Gasteiger partial charge in [-0.2, -0.15) is 0 Å². The molecule has 2 rings (SSSR count). The fourth-order valence-electron chi connectivity index (χ4n) is 2.39. The molecule has 1 N–H and O–H groups in total. The van der Waals surface area contributed by atoms with Crippen LogP contribution in [0.25, 0.3) is 0 Å². The maximum Gasteiger partial charge on any atom is 0.0408 e. The van der Waals surface area contributed by atoms with E-state index in [-0.39, 0.29) is 0 Å². The van der Waals surface area contributed by atoms with Crippen molar-refractivity contribution in [3.63, 3.8) is 0 Å². The normalized spacial score (nSPS) is 12.6. The third-order valence-corrected chi connectivity index (χ3v) is 4.19. The van der Waals surface area contributed by atoms with Crippen LogP contribution in [0.2, 0.25) is 5.02 Å². The van der Waals surface area contributed by atoms with Crippen molar-refractivity contribution >= 4 is 27.5 Å². The van der Waals surface area contributed by atoms with Crippen molar-refractivity contribution in [1.29, 1.82) is 0 Å². The first-order valence-corrected chi connectivity index (χ1v) is 8.45. The van der Waals surface area contributed by atoms with Gasteiger partial charge in [-0.3, -0.25) is 0 Å². The Labute approximate surface area is 140 Å². The van der Waals surface area contributed by atoms with E-state index in [1.807, 2.05) is 12.1 Å². The van der Waals surface area contributed by atoms with Gasteiger partial charge in [-0.25, -0.2) is 0 Å². The quantitative estimate of drug-likeness (QED) is 0.719. The van der Waals surface area contributed by atoms with Crippen molar-refractivity contribution in [1.82, 2.24) is 5.32 Å². The molecule has 0 heterocycles. The number of nitrogens with one attached hydrogen (secondary N) is 1. The zero-order valence-corrected chi connectivity index (χ0v) is 14.8. The SMILES string of the molecule is CC(C)NCC(Cc1cccc(Cl)c1)c1cccc(Br)c1. The van der Waals surface area contributed by atoms with E-state index in [1.54, 1.807) is 0 Å². The van der Waals surface area contributed by atoms with Crippen LogP contribution in [0, 0.1) is 0 Å². The summed E-state index contributed by atoms with van der Waals surface area (Å²) in [5.41, 5.74) is 2.62. The highest BCUT2D eigenvalue weighted by Gasteiger charge is 2.13. The second kappa shape index (κ2) is 7.98. The molecule has 2 aromatic rings. The van der Waals surface area contributed by atoms with Crippen molar-refractivity contribution in [2.24, 2.45) is 0 Å². The first-order chi connectivity index (χ1) is 10.0. The first kappa shape index (κ1) is 16.5. The van der Waals surface area contributed by atoms with Crippen molar-refractivity contribution in [2.45, 2.75) is 32.2 Å². The molecule has 3 heteroatoms. The van der Waals surface area contributed by atoms with E-state index >= 15 is 0 Å². The van der Waals surface area contributed by atoms with Gasteiger partial charge < -0.3 is 5.32 Å². The Kier molecular flexibility index (Phi) is 6.28. The minimum absolute atomic E-state index is 0.434. The van der Waals surface area contributed by atoms with Crippen LogP contribution in [0.5, 0.6) is 0 Å². The monoisotopic (exact) mass is 365 g/mol. The fourth-order valence-corrected chi connectivity index (χ4v) is 3.02.